The minimum absolute atomic E-state index is 0.103. The first-order valence-corrected chi connectivity index (χ1v) is 8.81. The van der Waals surface area contributed by atoms with E-state index in [-0.39, 0.29) is 4.90 Å². The van der Waals surface area contributed by atoms with E-state index >= 15 is 0 Å². The van der Waals surface area contributed by atoms with Gasteiger partial charge < -0.3 is 16.0 Å². The third-order valence-electron chi connectivity index (χ3n) is 4.69. The lowest BCUT2D eigenvalue weighted by atomic mass is 9.84. The maximum Gasteiger partial charge on any atom is 0.238 e. The first kappa shape index (κ1) is 14.6. The van der Waals surface area contributed by atoms with Gasteiger partial charge in [0, 0.05) is 24.0 Å². The van der Waals surface area contributed by atoms with Crippen LogP contribution in [0.3, 0.4) is 0 Å². The van der Waals surface area contributed by atoms with E-state index in [1.54, 1.807) is 13.0 Å². The first-order valence-electron chi connectivity index (χ1n) is 7.26. The van der Waals surface area contributed by atoms with Crippen LogP contribution in [0.25, 0.3) is 0 Å². The van der Waals surface area contributed by atoms with Crippen LogP contribution in [0.2, 0.25) is 0 Å². The Kier molecular flexibility index (Phi) is 3.59. The fourth-order valence-corrected chi connectivity index (χ4v) is 4.32. The van der Waals surface area contributed by atoms with E-state index < -0.39 is 10.0 Å². The van der Waals surface area contributed by atoms with Crippen molar-refractivity contribution < 1.29 is 8.42 Å². The van der Waals surface area contributed by atoms with Gasteiger partial charge in [0.05, 0.1) is 4.90 Å². The molecule has 3 heterocycles. The highest BCUT2D eigenvalue weighted by Gasteiger charge is 2.34. The molecular formula is C14H22N4O2S. The summed E-state index contributed by atoms with van der Waals surface area (Å²) in [5.41, 5.74) is 7.66. The summed E-state index contributed by atoms with van der Waals surface area (Å²) in [6.07, 6.45) is 2.39. The van der Waals surface area contributed by atoms with Crippen molar-refractivity contribution in [2.75, 3.05) is 30.7 Å². The molecule has 21 heavy (non-hydrogen) atoms. The zero-order chi connectivity index (χ0) is 15.2. The zero-order valence-corrected chi connectivity index (χ0v) is 13.0. The highest BCUT2D eigenvalue weighted by molar-refractivity contribution is 7.89. The molecule has 4 rings (SSSR count). The van der Waals surface area contributed by atoms with Crippen molar-refractivity contribution in [1.82, 2.24) is 4.90 Å². The molecule has 0 spiro atoms. The Morgan fingerprint density at radius 1 is 1.29 bits per heavy atom. The highest BCUT2D eigenvalue weighted by atomic mass is 32.2. The number of nitrogens with zero attached hydrogens (tertiary/aromatic N) is 1. The summed E-state index contributed by atoms with van der Waals surface area (Å²) < 4.78 is 23.3. The largest absolute Gasteiger partial charge is 0.399 e. The standard InChI is InChI=1S/C14H22N4O2S/c1-9-12(6-11(15)7-14(9)21(16,19)20)17-13-8-18-4-2-10(13)3-5-18/h6-7,10,13,17H,2-5,8,15H2,1H3,(H2,16,19,20). The molecule has 0 amide bonds. The van der Waals surface area contributed by atoms with Gasteiger partial charge in [-0.1, -0.05) is 0 Å². The van der Waals surface area contributed by atoms with Gasteiger partial charge in [-0.15, -0.1) is 0 Å². The van der Waals surface area contributed by atoms with Gasteiger partial charge in [-0.3, -0.25) is 0 Å². The van der Waals surface area contributed by atoms with Gasteiger partial charge in [-0.05, 0) is 56.5 Å². The lowest BCUT2D eigenvalue weighted by Gasteiger charge is -2.45. The summed E-state index contributed by atoms with van der Waals surface area (Å²) >= 11 is 0. The lowest BCUT2D eigenvalue weighted by molar-refractivity contribution is 0.0975. The van der Waals surface area contributed by atoms with Gasteiger partial charge in [0.25, 0.3) is 0 Å². The quantitative estimate of drug-likeness (QED) is 0.715. The first-order chi connectivity index (χ1) is 9.84. The number of fused-ring (bicyclic) bond motifs is 3. The number of primary sulfonamides is 1. The minimum Gasteiger partial charge on any atom is -0.399 e. The molecule has 0 radical (unpaired) electrons. The second kappa shape index (κ2) is 5.15. The second-order valence-corrected chi connectivity index (χ2v) is 7.66. The number of sulfonamides is 1. The molecule has 0 saturated carbocycles. The molecule has 1 aromatic rings. The van der Waals surface area contributed by atoms with Crippen LogP contribution in [0.1, 0.15) is 18.4 Å². The maximum absolute atomic E-state index is 11.7. The third-order valence-corrected chi connectivity index (χ3v) is 5.72. The number of nitrogens with two attached hydrogens (primary N) is 2. The molecule has 1 unspecified atom stereocenters. The van der Waals surface area contributed by atoms with E-state index in [0.29, 0.717) is 23.2 Å². The van der Waals surface area contributed by atoms with Gasteiger partial charge in [-0.2, -0.15) is 0 Å². The van der Waals surface area contributed by atoms with Crippen molar-refractivity contribution in [2.24, 2.45) is 11.1 Å². The average Bonchev–Trinajstić information content (AvgIpc) is 2.42. The second-order valence-electron chi connectivity index (χ2n) is 6.13. The number of hydrogen-bond donors (Lipinski definition) is 3. The van der Waals surface area contributed by atoms with Crippen molar-refractivity contribution in [1.29, 1.82) is 0 Å². The predicted octanol–water partition coefficient (Wildman–Crippen LogP) is 0.731. The summed E-state index contributed by atoms with van der Waals surface area (Å²) in [4.78, 5) is 2.55. The van der Waals surface area contributed by atoms with Gasteiger partial charge in [-0.25, -0.2) is 13.6 Å². The lowest BCUT2D eigenvalue weighted by Crippen LogP contribution is -2.53. The number of nitrogen functional groups attached to an aromatic ring is 1. The number of rotatable bonds is 3. The fourth-order valence-electron chi connectivity index (χ4n) is 3.48. The smallest absolute Gasteiger partial charge is 0.238 e. The number of piperidine rings is 3. The van der Waals surface area contributed by atoms with Crippen LogP contribution >= 0.6 is 0 Å². The van der Waals surface area contributed by atoms with Crippen LogP contribution in [-0.2, 0) is 10.0 Å². The summed E-state index contributed by atoms with van der Waals surface area (Å²) in [6.45, 7) is 5.11. The van der Waals surface area contributed by atoms with Crippen LogP contribution in [-0.4, -0.2) is 39.0 Å². The molecular weight excluding hydrogens is 288 g/mol. The van der Waals surface area contributed by atoms with E-state index in [0.717, 1.165) is 12.2 Å². The fraction of sp³-hybridized carbons (Fsp3) is 0.571. The summed E-state index contributed by atoms with van der Waals surface area (Å²) in [6, 6.07) is 3.56. The molecule has 0 aromatic heterocycles. The van der Waals surface area contributed by atoms with Crippen LogP contribution in [0.4, 0.5) is 11.4 Å². The third kappa shape index (κ3) is 2.86. The molecule has 1 aromatic carbocycles. The number of nitrogens with one attached hydrogen (secondary N) is 1. The summed E-state index contributed by atoms with van der Waals surface area (Å²) in [7, 11) is -3.76. The summed E-state index contributed by atoms with van der Waals surface area (Å²) in [5, 5.41) is 8.76. The monoisotopic (exact) mass is 310 g/mol. The normalized spacial score (nSPS) is 28.6. The van der Waals surface area contributed by atoms with Crippen LogP contribution < -0.4 is 16.2 Å². The zero-order valence-electron chi connectivity index (χ0n) is 12.2. The molecule has 3 aliphatic heterocycles. The molecule has 5 N–H and O–H groups in total. The Balaban J connectivity index is 1.91. The highest BCUT2D eigenvalue weighted by Crippen LogP contribution is 2.32. The van der Waals surface area contributed by atoms with Crippen molar-refractivity contribution >= 4 is 21.4 Å². The van der Waals surface area contributed by atoms with Crippen molar-refractivity contribution in [2.45, 2.75) is 30.7 Å². The Morgan fingerprint density at radius 3 is 2.48 bits per heavy atom. The molecule has 116 valence electrons. The van der Waals surface area contributed by atoms with Gasteiger partial charge >= 0.3 is 0 Å². The van der Waals surface area contributed by atoms with Crippen molar-refractivity contribution in [3.05, 3.63) is 17.7 Å². The average molecular weight is 310 g/mol. The Hall–Kier alpha value is -1.31. The van der Waals surface area contributed by atoms with E-state index in [1.807, 2.05) is 0 Å². The predicted molar refractivity (Wildman–Crippen MR) is 83.5 cm³/mol. The molecule has 0 aliphatic carbocycles. The Labute approximate surface area is 125 Å². The van der Waals surface area contributed by atoms with Crippen LogP contribution in [0, 0.1) is 12.8 Å². The Morgan fingerprint density at radius 2 is 1.95 bits per heavy atom. The van der Waals surface area contributed by atoms with Crippen LogP contribution in [0.5, 0.6) is 0 Å². The van der Waals surface area contributed by atoms with E-state index in [4.69, 9.17) is 10.9 Å². The number of benzene rings is 1. The molecule has 3 fully saturated rings. The van der Waals surface area contributed by atoms with Crippen molar-refractivity contribution in [3.8, 4) is 0 Å². The van der Waals surface area contributed by atoms with E-state index in [2.05, 4.69) is 10.2 Å². The molecule has 6 nitrogen and oxygen atoms in total. The van der Waals surface area contributed by atoms with Crippen molar-refractivity contribution in [3.63, 3.8) is 0 Å². The maximum atomic E-state index is 11.7. The minimum atomic E-state index is -3.76. The van der Waals surface area contributed by atoms with E-state index in [9.17, 15) is 8.42 Å². The Bertz CT molecular complexity index is 651. The summed E-state index contributed by atoms with van der Waals surface area (Å²) in [5.74, 6) is 0.647. The molecule has 7 heteroatoms. The van der Waals surface area contributed by atoms with Gasteiger partial charge in [0.15, 0.2) is 0 Å². The number of hydrogen-bond acceptors (Lipinski definition) is 5. The topological polar surface area (TPSA) is 101 Å². The molecule has 2 bridgehead atoms. The molecule has 1 atom stereocenters. The molecule has 3 saturated heterocycles. The van der Waals surface area contributed by atoms with E-state index in [1.165, 1.54) is 32.0 Å². The number of anilines is 2. The SMILES string of the molecule is Cc1c(NC2CN3CCC2CC3)cc(N)cc1S(N)(=O)=O. The molecule has 3 aliphatic rings. The van der Waals surface area contributed by atoms with Crippen LogP contribution in [0.15, 0.2) is 17.0 Å². The van der Waals surface area contributed by atoms with Gasteiger partial charge in [0.2, 0.25) is 10.0 Å². The van der Waals surface area contributed by atoms with Gasteiger partial charge in [0.1, 0.15) is 0 Å².